The van der Waals surface area contributed by atoms with Gasteiger partial charge in [0.25, 0.3) is 0 Å². The molecule has 28 heavy (non-hydrogen) atoms. The number of hydrogen-bond acceptors (Lipinski definition) is 1. The van der Waals surface area contributed by atoms with Crippen molar-refractivity contribution in [2.24, 2.45) is 5.92 Å². The summed E-state index contributed by atoms with van der Waals surface area (Å²) >= 11 is 0. The highest BCUT2D eigenvalue weighted by molar-refractivity contribution is 4.52. The highest BCUT2D eigenvalue weighted by Gasteiger charge is 1.97. The number of aliphatic hydroxyl groups is 1. The minimum absolute atomic E-state index is 0.374. The van der Waals surface area contributed by atoms with Crippen LogP contribution in [0.15, 0.2) is 0 Å². The first-order valence-electron chi connectivity index (χ1n) is 13.4. The molecule has 0 bridgehead atoms. The van der Waals surface area contributed by atoms with Gasteiger partial charge in [-0.1, -0.05) is 155 Å². The molecular formula is C27H56O. The maximum absolute atomic E-state index is 8.74. The Morgan fingerprint density at radius 2 is 0.571 bits per heavy atom. The van der Waals surface area contributed by atoms with Crippen molar-refractivity contribution in [3.05, 3.63) is 0 Å². The van der Waals surface area contributed by atoms with Crippen molar-refractivity contribution in [3.63, 3.8) is 0 Å². The zero-order valence-electron chi connectivity index (χ0n) is 20.0. The van der Waals surface area contributed by atoms with E-state index in [1.807, 2.05) is 0 Å². The van der Waals surface area contributed by atoms with Crippen molar-refractivity contribution in [2.75, 3.05) is 6.61 Å². The lowest BCUT2D eigenvalue weighted by molar-refractivity contribution is 0.282. The van der Waals surface area contributed by atoms with Gasteiger partial charge in [-0.15, -0.1) is 0 Å². The van der Waals surface area contributed by atoms with E-state index >= 15 is 0 Å². The first-order valence-corrected chi connectivity index (χ1v) is 13.4. The summed E-state index contributed by atoms with van der Waals surface area (Å²) < 4.78 is 0. The molecule has 0 atom stereocenters. The van der Waals surface area contributed by atoms with Gasteiger partial charge in [0, 0.05) is 6.61 Å². The second-order valence-corrected chi connectivity index (χ2v) is 9.68. The van der Waals surface area contributed by atoms with E-state index < -0.39 is 0 Å². The van der Waals surface area contributed by atoms with Gasteiger partial charge < -0.3 is 5.11 Å². The van der Waals surface area contributed by atoms with Gasteiger partial charge in [-0.3, -0.25) is 0 Å². The van der Waals surface area contributed by atoms with Gasteiger partial charge in [0.05, 0.1) is 0 Å². The Bertz CT molecular complexity index is 261. The molecule has 0 aliphatic heterocycles. The Morgan fingerprint density at radius 1 is 0.357 bits per heavy atom. The molecule has 0 fully saturated rings. The van der Waals surface area contributed by atoms with Gasteiger partial charge in [0.2, 0.25) is 0 Å². The van der Waals surface area contributed by atoms with Crippen molar-refractivity contribution < 1.29 is 5.11 Å². The molecule has 0 saturated carbocycles. The fraction of sp³-hybridized carbons (Fsp3) is 1.00. The molecular weight excluding hydrogens is 340 g/mol. The van der Waals surface area contributed by atoms with Gasteiger partial charge in [0.15, 0.2) is 0 Å². The highest BCUT2D eigenvalue weighted by atomic mass is 16.2. The third kappa shape index (κ3) is 26.0. The molecule has 0 saturated heterocycles. The summed E-state index contributed by atoms with van der Waals surface area (Å²) in [5, 5.41) is 8.74. The van der Waals surface area contributed by atoms with Gasteiger partial charge in [0.1, 0.15) is 0 Å². The molecule has 1 N–H and O–H groups in total. The molecule has 1 nitrogen and oxygen atoms in total. The van der Waals surface area contributed by atoms with Crippen LogP contribution in [0.5, 0.6) is 0 Å². The van der Waals surface area contributed by atoms with Gasteiger partial charge in [-0.2, -0.15) is 0 Å². The highest BCUT2D eigenvalue weighted by Crippen LogP contribution is 2.16. The first-order chi connectivity index (χ1) is 13.8. The Kier molecular flexibility index (Phi) is 25.0. The average molecular weight is 397 g/mol. The van der Waals surface area contributed by atoms with Crippen molar-refractivity contribution in [1.82, 2.24) is 0 Å². The van der Waals surface area contributed by atoms with Crippen LogP contribution in [-0.4, -0.2) is 11.7 Å². The summed E-state index contributed by atoms with van der Waals surface area (Å²) in [5.41, 5.74) is 0. The second-order valence-electron chi connectivity index (χ2n) is 9.68. The van der Waals surface area contributed by atoms with E-state index in [4.69, 9.17) is 5.11 Å². The molecule has 0 aliphatic carbocycles. The van der Waals surface area contributed by atoms with Crippen LogP contribution >= 0.6 is 0 Å². The molecule has 0 aromatic rings. The summed E-state index contributed by atoms with van der Waals surface area (Å²) in [6, 6.07) is 0. The summed E-state index contributed by atoms with van der Waals surface area (Å²) in [6.07, 6.45) is 32.6. The van der Waals surface area contributed by atoms with Crippen LogP contribution < -0.4 is 0 Å². The Balaban J connectivity index is 2.98. The third-order valence-corrected chi connectivity index (χ3v) is 6.19. The minimum atomic E-state index is 0.374. The van der Waals surface area contributed by atoms with Crippen molar-refractivity contribution in [2.45, 2.75) is 162 Å². The maximum Gasteiger partial charge on any atom is 0.0431 e. The van der Waals surface area contributed by atoms with E-state index in [9.17, 15) is 0 Å². The minimum Gasteiger partial charge on any atom is -0.396 e. The summed E-state index contributed by atoms with van der Waals surface area (Å²) in [6.45, 7) is 5.05. The van der Waals surface area contributed by atoms with E-state index in [0.29, 0.717) is 6.61 Å². The molecule has 0 spiro atoms. The lowest BCUT2D eigenvalue weighted by atomic mass is 10.0. The van der Waals surface area contributed by atoms with Crippen LogP contribution in [0.2, 0.25) is 0 Å². The number of unbranched alkanes of at least 4 members (excludes halogenated alkanes) is 21. The zero-order chi connectivity index (χ0) is 20.5. The molecule has 0 unspecified atom stereocenters. The van der Waals surface area contributed by atoms with E-state index in [2.05, 4.69) is 13.8 Å². The summed E-state index contributed by atoms with van der Waals surface area (Å²) in [5.74, 6) is 0.892. The quantitative estimate of drug-likeness (QED) is 0.161. The molecule has 0 aliphatic rings. The van der Waals surface area contributed by atoms with Crippen molar-refractivity contribution >= 4 is 0 Å². The SMILES string of the molecule is CC(C)CCCCCCCCCCCCCCCCCCCCCCCCO. The normalized spacial score (nSPS) is 11.6. The Labute approximate surface area is 179 Å². The maximum atomic E-state index is 8.74. The molecule has 0 heterocycles. The smallest absolute Gasteiger partial charge is 0.0431 e. The van der Waals surface area contributed by atoms with E-state index in [1.54, 1.807) is 0 Å². The topological polar surface area (TPSA) is 20.2 Å². The summed E-state index contributed by atoms with van der Waals surface area (Å²) in [7, 11) is 0. The van der Waals surface area contributed by atoms with Crippen LogP contribution in [0.3, 0.4) is 0 Å². The third-order valence-electron chi connectivity index (χ3n) is 6.19. The van der Waals surface area contributed by atoms with Crippen molar-refractivity contribution in [3.8, 4) is 0 Å². The van der Waals surface area contributed by atoms with Crippen molar-refractivity contribution in [1.29, 1.82) is 0 Å². The predicted octanol–water partition coefficient (Wildman–Crippen LogP) is 9.61. The van der Waals surface area contributed by atoms with Crippen LogP contribution in [-0.2, 0) is 0 Å². The second kappa shape index (κ2) is 25.0. The summed E-state index contributed by atoms with van der Waals surface area (Å²) in [4.78, 5) is 0. The van der Waals surface area contributed by atoms with Gasteiger partial charge in [-0.25, -0.2) is 0 Å². The van der Waals surface area contributed by atoms with Crippen LogP contribution in [0.4, 0.5) is 0 Å². The van der Waals surface area contributed by atoms with E-state index in [1.165, 1.54) is 141 Å². The molecule has 170 valence electrons. The number of hydrogen-bond donors (Lipinski definition) is 1. The Hall–Kier alpha value is -0.0400. The predicted molar refractivity (Wildman–Crippen MR) is 128 cm³/mol. The van der Waals surface area contributed by atoms with E-state index in [-0.39, 0.29) is 0 Å². The van der Waals surface area contributed by atoms with Crippen LogP contribution in [0, 0.1) is 5.92 Å². The van der Waals surface area contributed by atoms with Gasteiger partial charge >= 0.3 is 0 Å². The van der Waals surface area contributed by atoms with Crippen LogP contribution in [0.25, 0.3) is 0 Å². The fourth-order valence-electron chi connectivity index (χ4n) is 4.20. The molecule has 0 aromatic heterocycles. The average Bonchev–Trinajstić information content (AvgIpc) is 2.68. The van der Waals surface area contributed by atoms with E-state index in [0.717, 1.165) is 12.3 Å². The molecule has 0 amide bonds. The molecule has 0 rings (SSSR count). The van der Waals surface area contributed by atoms with Crippen LogP contribution in [0.1, 0.15) is 162 Å². The number of aliphatic hydroxyl groups excluding tert-OH is 1. The zero-order valence-corrected chi connectivity index (χ0v) is 20.0. The monoisotopic (exact) mass is 396 g/mol. The molecule has 0 radical (unpaired) electrons. The molecule has 0 aromatic carbocycles. The van der Waals surface area contributed by atoms with Gasteiger partial charge in [-0.05, 0) is 12.3 Å². The number of rotatable bonds is 24. The molecule has 1 heteroatoms. The lowest BCUT2D eigenvalue weighted by Gasteiger charge is -2.05. The standard InChI is InChI=1S/C27H56O/c1-27(2)25-23-21-19-17-15-13-11-9-7-5-3-4-6-8-10-12-14-16-18-20-22-24-26-28/h27-28H,3-26H2,1-2H3. The fourth-order valence-corrected chi connectivity index (χ4v) is 4.20. The lowest BCUT2D eigenvalue weighted by Crippen LogP contribution is -1.87. The Morgan fingerprint density at radius 3 is 0.786 bits per heavy atom. The first kappa shape index (κ1) is 28.0. The largest absolute Gasteiger partial charge is 0.396 e.